The second-order valence-electron chi connectivity index (χ2n) is 8.02. The van der Waals surface area contributed by atoms with Crippen molar-refractivity contribution in [3.63, 3.8) is 0 Å². The van der Waals surface area contributed by atoms with Gasteiger partial charge in [0.05, 0.1) is 27.0 Å². The number of carbonyl (C=O) groups excluding carboxylic acids is 1. The zero-order valence-electron chi connectivity index (χ0n) is 17.4. The number of fused-ring (bicyclic) bond motifs is 3. The topological polar surface area (TPSA) is 20.3 Å². The molecule has 0 atom stereocenters. The molecule has 0 aliphatic carbocycles. The average molecular weight is 466 g/mol. The van der Waals surface area contributed by atoms with Crippen LogP contribution in [-0.2, 0) is 4.79 Å². The molecule has 1 aliphatic rings. The number of para-hydroxylation sites is 2. The molecule has 5 aromatic rings. The summed E-state index contributed by atoms with van der Waals surface area (Å²) in [7, 11) is 0. The number of anilines is 2. The first-order chi connectivity index (χ1) is 16.1. The highest BCUT2D eigenvalue weighted by Crippen LogP contribution is 2.47. The van der Waals surface area contributed by atoms with E-state index < -0.39 is 0 Å². The van der Waals surface area contributed by atoms with Crippen molar-refractivity contribution in [3.05, 3.63) is 118 Å². The standard InChI is InChI=1S/C29H17Cl2NO/c30-25-13-7-14-26(31)28(25)32-27-15-6-5-12-22(27)24(29(32)33)17-23-20-10-3-1-8-18(20)16-19-9-2-4-11-21(19)23/h1-17H/b24-17-. The Morgan fingerprint density at radius 3 is 1.91 bits per heavy atom. The number of carbonyl (C=O) groups is 1. The fourth-order valence-electron chi connectivity index (χ4n) is 4.65. The second kappa shape index (κ2) is 7.77. The molecule has 0 unspecified atom stereocenters. The van der Waals surface area contributed by atoms with E-state index in [-0.39, 0.29) is 5.91 Å². The quantitative estimate of drug-likeness (QED) is 0.189. The number of rotatable bonds is 2. The van der Waals surface area contributed by atoms with E-state index in [1.807, 2.05) is 54.6 Å². The maximum absolute atomic E-state index is 13.9. The molecule has 0 aromatic heterocycles. The molecule has 0 fully saturated rings. The summed E-state index contributed by atoms with van der Waals surface area (Å²) in [6, 6.07) is 31.7. The van der Waals surface area contributed by atoms with Crippen LogP contribution in [0.15, 0.2) is 97.1 Å². The van der Waals surface area contributed by atoms with Crippen LogP contribution in [0.3, 0.4) is 0 Å². The zero-order chi connectivity index (χ0) is 22.5. The van der Waals surface area contributed by atoms with Crippen LogP contribution < -0.4 is 4.90 Å². The Balaban J connectivity index is 1.65. The highest BCUT2D eigenvalue weighted by molar-refractivity contribution is 6.45. The molecule has 0 bridgehead atoms. The van der Waals surface area contributed by atoms with Gasteiger partial charge in [-0.3, -0.25) is 9.69 Å². The number of halogens is 2. The summed E-state index contributed by atoms with van der Waals surface area (Å²) in [6.07, 6.45) is 2.01. The Morgan fingerprint density at radius 2 is 1.24 bits per heavy atom. The lowest BCUT2D eigenvalue weighted by atomic mass is 9.94. The molecule has 0 saturated heterocycles. The average Bonchev–Trinajstić information content (AvgIpc) is 3.10. The van der Waals surface area contributed by atoms with Gasteiger partial charge in [-0.15, -0.1) is 0 Å². The van der Waals surface area contributed by atoms with Gasteiger partial charge in [0.15, 0.2) is 0 Å². The summed E-state index contributed by atoms with van der Waals surface area (Å²) in [5, 5.41) is 5.33. The second-order valence-corrected chi connectivity index (χ2v) is 8.83. The number of amides is 1. The fraction of sp³-hybridized carbons (Fsp3) is 0. The van der Waals surface area contributed by atoms with Crippen LogP contribution in [0.2, 0.25) is 10.0 Å². The summed E-state index contributed by atoms with van der Waals surface area (Å²) < 4.78 is 0. The lowest BCUT2D eigenvalue weighted by Gasteiger charge is -2.20. The number of benzene rings is 5. The SMILES string of the molecule is O=C1/C(=C\c2c3ccccc3cc3ccccc23)c2ccccc2N1c1c(Cl)cccc1Cl. The van der Waals surface area contributed by atoms with E-state index in [9.17, 15) is 4.79 Å². The van der Waals surface area contributed by atoms with Gasteiger partial charge in [-0.1, -0.05) is 96.0 Å². The Morgan fingerprint density at radius 1 is 0.667 bits per heavy atom. The lowest BCUT2D eigenvalue weighted by molar-refractivity contribution is -0.112. The summed E-state index contributed by atoms with van der Waals surface area (Å²) in [6.45, 7) is 0. The maximum Gasteiger partial charge on any atom is 0.263 e. The molecule has 2 nitrogen and oxygen atoms in total. The first-order valence-corrected chi connectivity index (χ1v) is 11.4. The van der Waals surface area contributed by atoms with Crippen molar-refractivity contribution in [2.45, 2.75) is 0 Å². The predicted molar refractivity (Wildman–Crippen MR) is 139 cm³/mol. The fourth-order valence-corrected chi connectivity index (χ4v) is 5.22. The van der Waals surface area contributed by atoms with Crippen molar-refractivity contribution in [1.82, 2.24) is 0 Å². The van der Waals surface area contributed by atoms with Crippen molar-refractivity contribution in [2.75, 3.05) is 4.90 Å². The van der Waals surface area contributed by atoms with Crippen LogP contribution in [0.5, 0.6) is 0 Å². The summed E-state index contributed by atoms with van der Waals surface area (Å²) in [5.41, 5.74) is 3.77. The number of hydrogen-bond donors (Lipinski definition) is 0. The highest BCUT2D eigenvalue weighted by Gasteiger charge is 2.35. The maximum atomic E-state index is 13.9. The minimum atomic E-state index is -0.150. The van der Waals surface area contributed by atoms with Crippen LogP contribution in [-0.4, -0.2) is 5.91 Å². The van der Waals surface area contributed by atoms with Crippen LogP contribution in [0.25, 0.3) is 33.2 Å². The molecule has 1 aliphatic heterocycles. The molecular formula is C29H17Cl2NO. The predicted octanol–water partition coefficient (Wildman–Crippen LogP) is 8.52. The molecule has 1 amide bonds. The third-order valence-electron chi connectivity index (χ3n) is 6.13. The monoisotopic (exact) mass is 465 g/mol. The third kappa shape index (κ3) is 3.14. The van der Waals surface area contributed by atoms with E-state index in [1.54, 1.807) is 23.1 Å². The first kappa shape index (κ1) is 20.0. The Labute approximate surface area is 201 Å². The minimum absolute atomic E-state index is 0.150. The molecule has 1 heterocycles. The molecular weight excluding hydrogens is 449 g/mol. The summed E-state index contributed by atoms with van der Waals surface area (Å²) in [5.74, 6) is -0.150. The number of nitrogens with zero attached hydrogens (tertiary/aromatic N) is 1. The van der Waals surface area contributed by atoms with Gasteiger partial charge in [0, 0.05) is 5.56 Å². The van der Waals surface area contributed by atoms with E-state index in [1.165, 1.54) is 0 Å². The molecule has 0 spiro atoms. The van der Waals surface area contributed by atoms with Crippen molar-refractivity contribution >= 4 is 73.7 Å². The summed E-state index contributed by atoms with van der Waals surface area (Å²) in [4.78, 5) is 15.5. The van der Waals surface area contributed by atoms with E-state index in [0.29, 0.717) is 21.3 Å². The Bertz CT molecular complexity index is 1550. The Kier molecular flexibility index (Phi) is 4.72. The van der Waals surface area contributed by atoms with Crippen LogP contribution in [0, 0.1) is 0 Å². The molecule has 0 saturated carbocycles. The van der Waals surface area contributed by atoms with Gasteiger partial charge in [-0.2, -0.15) is 0 Å². The highest BCUT2D eigenvalue weighted by atomic mass is 35.5. The van der Waals surface area contributed by atoms with Crippen molar-refractivity contribution in [3.8, 4) is 0 Å². The third-order valence-corrected chi connectivity index (χ3v) is 6.74. The number of hydrogen-bond acceptors (Lipinski definition) is 1. The molecule has 0 N–H and O–H groups in total. The van der Waals surface area contributed by atoms with Gasteiger partial charge in [0.1, 0.15) is 0 Å². The molecule has 158 valence electrons. The molecule has 6 rings (SSSR count). The molecule has 33 heavy (non-hydrogen) atoms. The lowest BCUT2D eigenvalue weighted by Crippen LogP contribution is -2.21. The normalized spacial score (nSPS) is 14.4. The zero-order valence-corrected chi connectivity index (χ0v) is 18.9. The minimum Gasteiger partial charge on any atom is -0.273 e. The van der Waals surface area contributed by atoms with Gasteiger partial charge in [-0.25, -0.2) is 0 Å². The van der Waals surface area contributed by atoms with Gasteiger partial charge >= 0.3 is 0 Å². The largest absolute Gasteiger partial charge is 0.273 e. The van der Waals surface area contributed by atoms with Gasteiger partial charge in [-0.05, 0) is 57.4 Å². The molecule has 4 heteroatoms. The van der Waals surface area contributed by atoms with Crippen molar-refractivity contribution in [1.29, 1.82) is 0 Å². The summed E-state index contributed by atoms with van der Waals surface area (Å²) >= 11 is 13.0. The first-order valence-electron chi connectivity index (χ1n) is 10.6. The molecule has 0 radical (unpaired) electrons. The van der Waals surface area contributed by atoms with Gasteiger partial charge in [0.2, 0.25) is 0 Å². The van der Waals surface area contributed by atoms with E-state index in [0.717, 1.165) is 38.4 Å². The van der Waals surface area contributed by atoms with Crippen molar-refractivity contribution in [2.24, 2.45) is 0 Å². The van der Waals surface area contributed by atoms with Gasteiger partial charge < -0.3 is 0 Å². The Hall–Kier alpha value is -3.59. The van der Waals surface area contributed by atoms with E-state index >= 15 is 0 Å². The van der Waals surface area contributed by atoms with Gasteiger partial charge in [0.25, 0.3) is 5.91 Å². The smallest absolute Gasteiger partial charge is 0.263 e. The molecule has 5 aromatic carbocycles. The van der Waals surface area contributed by atoms with Crippen LogP contribution in [0.4, 0.5) is 11.4 Å². The van der Waals surface area contributed by atoms with Crippen LogP contribution in [0.1, 0.15) is 11.1 Å². The van der Waals surface area contributed by atoms with E-state index in [4.69, 9.17) is 23.2 Å². The van der Waals surface area contributed by atoms with E-state index in [2.05, 4.69) is 30.3 Å². The van der Waals surface area contributed by atoms with Crippen LogP contribution >= 0.6 is 23.2 Å². The van der Waals surface area contributed by atoms with Crippen molar-refractivity contribution < 1.29 is 4.79 Å².